The van der Waals surface area contributed by atoms with Gasteiger partial charge in [0.25, 0.3) is 0 Å². The molecule has 0 aliphatic rings. The standard InChI is InChI=1S/C26H20Br2O5S/c1-31-17-10-16(24(26(29)30)22(12-17)33-3)7-5-14-4-6-15(11-20(14)28)23-13-18-21(32-2)9-8-19(27)25(18)34-23/h4-13H,1-3H3,(H,29,30). The predicted octanol–water partition coefficient (Wildman–Crippen LogP) is 7.99. The lowest BCUT2D eigenvalue weighted by Gasteiger charge is -2.11. The van der Waals surface area contributed by atoms with Gasteiger partial charge in [-0.15, -0.1) is 11.3 Å². The number of fused-ring (bicyclic) bond motifs is 1. The molecule has 4 aromatic rings. The highest BCUT2D eigenvalue weighted by atomic mass is 79.9. The van der Waals surface area contributed by atoms with Crippen molar-refractivity contribution in [3.63, 3.8) is 0 Å². The highest BCUT2D eigenvalue weighted by Gasteiger charge is 2.17. The first kappa shape index (κ1) is 24.3. The minimum absolute atomic E-state index is 0.0806. The maximum absolute atomic E-state index is 11.8. The molecule has 8 heteroatoms. The summed E-state index contributed by atoms with van der Waals surface area (Å²) in [6.07, 6.45) is 3.61. The Hall–Kier alpha value is -2.81. The maximum Gasteiger partial charge on any atom is 0.340 e. The summed E-state index contributed by atoms with van der Waals surface area (Å²) in [6, 6.07) is 15.4. The Kier molecular flexibility index (Phi) is 7.30. The zero-order valence-corrected chi connectivity index (χ0v) is 22.5. The zero-order chi connectivity index (χ0) is 24.4. The van der Waals surface area contributed by atoms with E-state index in [1.54, 1.807) is 36.7 Å². The van der Waals surface area contributed by atoms with E-state index in [1.165, 1.54) is 14.2 Å². The van der Waals surface area contributed by atoms with Crippen molar-refractivity contribution in [1.29, 1.82) is 0 Å². The minimum Gasteiger partial charge on any atom is -0.497 e. The first-order valence-corrected chi connectivity index (χ1v) is 12.5. The third-order valence-corrected chi connectivity index (χ3v) is 8.15. The van der Waals surface area contributed by atoms with Gasteiger partial charge in [0, 0.05) is 25.3 Å². The average Bonchev–Trinajstić information content (AvgIpc) is 3.29. The second kappa shape index (κ2) is 10.2. The van der Waals surface area contributed by atoms with Crippen molar-refractivity contribution in [2.24, 2.45) is 0 Å². The third kappa shape index (κ3) is 4.71. The van der Waals surface area contributed by atoms with Crippen LogP contribution in [0.3, 0.4) is 0 Å². The van der Waals surface area contributed by atoms with Crippen molar-refractivity contribution in [2.75, 3.05) is 21.3 Å². The molecular weight excluding hydrogens is 584 g/mol. The monoisotopic (exact) mass is 602 g/mol. The highest BCUT2D eigenvalue weighted by Crippen LogP contribution is 2.42. The Morgan fingerprint density at radius 3 is 2.24 bits per heavy atom. The molecule has 0 spiro atoms. The SMILES string of the molecule is COc1cc(C=Cc2ccc(-c3cc4c(OC)ccc(Br)c4s3)cc2Br)c(C(=O)O)c(OC)c1. The van der Waals surface area contributed by atoms with Gasteiger partial charge in [-0.25, -0.2) is 4.79 Å². The molecule has 0 unspecified atom stereocenters. The molecule has 1 heterocycles. The van der Waals surface area contributed by atoms with Crippen LogP contribution in [0, 0.1) is 0 Å². The van der Waals surface area contributed by atoms with E-state index >= 15 is 0 Å². The van der Waals surface area contributed by atoms with Crippen LogP contribution in [-0.2, 0) is 0 Å². The highest BCUT2D eigenvalue weighted by molar-refractivity contribution is 9.11. The molecule has 0 aliphatic heterocycles. The van der Waals surface area contributed by atoms with Crippen LogP contribution >= 0.6 is 43.2 Å². The number of benzene rings is 3. The Morgan fingerprint density at radius 1 is 0.853 bits per heavy atom. The fraction of sp³-hybridized carbons (Fsp3) is 0.115. The van der Waals surface area contributed by atoms with Crippen molar-refractivity contribution in [1.82, 2.24) is 0 Å². The van der Waals surface area contributed by atoms with Crippen molar-refractivity contribution < 1.29 is 24.1 Å². The van der Waals surface area contributed by atoms with Gasteiger partial charge < -0.3 is 19.3 Å². The van der Waals surface area contributed by atoms with Gasteiger partial charge in [-0.2, -0.15) is 0 Å². The number of aromatic carboxylic acids is 1. The van der Waals surface area contributed by atoms with Gasteiger partial charge in [-0.05, 0) is 63.0 Å². The Labute approximate surface area is 217 Å². The summed E-state index contributed by atoms with van der Waals surface area (Å²) in [5, 5.41) is 10.8. The van der Waals surface area contributed by atoms with Gasteiger partial charge in [0.1, 0.15) is 22.8 Å². The largest absolute Gasteiger partial charge is 0.497 e. The van der Waals surface area contributed by atoms with Crippen molar-refractivity contribution in [3.05, 3.63) is 74.2 Å². The lowest BCUT2D eigenvalue weighted by molar-refractivity contribution is 0.0693. The van der Waals surface area contributed by atoms with E-state index in [2.05, 4.69) is 44.0 Å². The number of thiophene rings is 1. The number of halogens is 2. The quantitative estimate of drug-likeness (QED) is 0.217. The van der Waals surface area contributed by atoms with Crippen LogP contribution in [0.25, 0.3) is 32.7 Å². The first-order chi connectivity index (χ1) is 16.4. The van der Waals surface area contributed by atoms with Gasteiger partial charge in [-0.1, -0.05) is 40.2 Å². The van der Waals surface area contributed by atoms with Crippen molar-refractivity contribution in [3.8, 4) is 27.7 Å². The fourth-order valence-corrected chi connectivity index (χ4v) is 5.81. The van der Waals surface area contributed by atoms with Gasteiger partial charge in [0.05, 0.1) is 26.0 Å². The van der Waals surface area contributed by atoms with Gasteiger partial charge in [0.15, 0.2) is 0 Å². The molecule has 0 fully saturated rings. The average molecular weight is 604 g/mol. The second-order valence-electron chi connectivity index (χ2n) is 7.27. The summed E-state index contributed by atoms with van der Waals surface area (Å²) in [4.78, 5) is 13.0. The summed E-state index contributed by atoms with van der Waals surface area (Å²) in [5.74, 6) is 0.525. The van der Waals surface area contributed by atoms with Crippen LogP contribution in [0.5, 0.6) is 17.2 Å². The molecule has 34 heavy (non-hydrogen) atoms. The normalized spacial score (nSPS) is 11.2. The van der Waals surface area contributed by atoms with E-state index in [1.807, 2.05) is 30.3 Å². The number of carboxylic acid groups (broad SMARTS) is 1. The second-order valence-corrected chi connectivity index (χ2v) is 10.0. The molecule has 0 atom stereocenters. The number of carboxylic acids is 1. The summed E-state index contributed by atoms with van der Waals surface area (Å²) in [5.41, 5.74) is 2.54. The number of hydrogen-bond donors (Lipinski definition) is 1. The number of rotatable bonds is 7. The minimum atomic E-state index is -1.07. The number of hydrogen-bond acceptors (Lipinski definition) is 5. The summed E-state index contributed by atoms with van der Waals surface area (Å²) in [7, 11) is 4.64. The van der Waals surface area contributed by atoms with Crippen LogP contribution in [-0.4, -0.2) is 32.4 Å². The van der Waals surface area contributed by atoms with Crippen LogP contribution in [0.15, 0.2) is 57.5 Å². The molecule has 0 saturated heterocycles. The Bertz CT molecular complexity index is 1420. The number of carbonyl (C=O) groups is 1. The molecule has 1 N–H and O–H groups in total. The Morgan fingerprint density at radius 2 is 1.59 bits per heavy atom. The smallest absolute Gasteiger partial charge is 0.340 e. The lowest BCUT2D eigenvalue weighted by Crippen LogP contribution is -2.04. The molecule has 0 saturated carbocycles. The van der Waals surface area contributed by atoms with Crippen LogP contribution in [0.4, 0.5) is 0 Å². The molecule has 0 bridgehead atoms. The molecule has 0 radical (unpaired) electrons. The van der Waals surface area contributed by atoms with Gasteiger partial charge in [0.2, 0.25) is 0 Å². The van der Waals surface area contributed by atoms with Crippen molar-refractivity contribution in [2.45, 2.75) is 0 Å². The van der Waals surface area contributed by atoms with E-state index < -0.39 is 5.97 Å². The van der Waals surface area contributed by atoms with Gasteiger partial charge in [-0.3, -0.25) is 0 Å². The van der Waals surface area contributed by atoms with Crippen LogP contribution in [0.1, 0.15) is 21.5 Å². The molecular formula is C26H20Br2O5S. The number of methoxy groups -OCH3 is 3. The van der Waals surface area contributed by atoms with Crippen molar-refractivity contribution >= 4 is 71.4 Å². The van der Waals surface area contributed by atoms with Crippen LogP contribution < -0.4 is 14.2 Å². The van der Waals surface area contributed by atoms with E-state index in [0.29, 0.717) is 11.3 Å². The zero-order valence-electron chi connectivity index (χ0n) is 18.5. The first-order valence-electron chi connectivity index (χ1n) is 10.1. The van der Waals surface area contributed by atoms with E-state index in [-0.39, 0.29) is 11.3 Å². The number of ether oxygens (including phenoxy) is 3. The van der Waals surface area contributed by atoms with E-state index in [0.717, 1.165) is 40.8 Å². The summed E-state index contributed by atoms with van der Waals surface area (Å²) >= 11 is 8.98. The topological polar surface area (TPSA) is 65.0 Å². The van der Waals surface area contributed by atoms with E-state index in [9.17, 15) is 9.90 Å². The Balaban J connectivity index is 1.71. The predicted molar refractivity (Wildman–Crippen MR) is 145 cm³/mol. The lowest BCUT2D eigenvalue weighted by atomic mass is 10.0. The van der Waals surface area contributed by atoms with Crippen LogP contribution in [0.2, 0.25) is 0 Å². The molecule has 3 aromatic carbocycles. The molecule has 4 rings (SSSR count). The van der Waals surface area contributed by atoms with E-state index in [4.69, 9.17) is 14.2 Å². The molecule has 0 amide bonds. The summed E-state index contributed by atoms with van der Waals surface area (Å²) in [6.45, 7) is 0. The third-order valence-electron chi connectivity index (χ3n) is 5.32. The molecule has 1 aromatic heterocycles. The molecule has 0 aliphatic carbocycles. The molecule has 174 valence electrons. The maximum atomic E-state index is 11.8. The fourth-order valence-electron chi connectivity index (χ4n) is 3.63. The van der Waals surface area contributed by atoms with Gasteiger partial charge >= 0.3 is 5.97 Å². The molecule has 5 nitrogen and oxygen atoms in total. The summed E-state index contributed by atoms with van der Waals surface area (Å²) < 4.78 is 19.1.